The zero-order valence-corrected chi connectivity index (χ0v) is 22.5. The van der Waals surface area contributed by atoms with Crippen molar-refractivity contribution in [2.24, 2.45) is 4.99 Å². The van der Waals surface area contributed by atoms with Crippen molar-refractivity contribution >= 4 is 46.2 Å². The van der Waals surface area contributed by atoms with Gasteiger partial charge in [-0.05, 0) is 42.9 Å². The van der Waals surface area contributed by atoms with Crippen LogP contribution in [0.2, 0.25) is 5.02 Å². The summed E-state index contributed by atoms with van der Waals surface area (Å²) in [5, 5.41) is 4.39. The molecule has 2 unspecified atom stereocenters. The van der Waals surface area contributed by atoms with E-state index in [1.165, 1.54) is 5.56 Å². The molecule has 8 heteroatoms. The third-order valence-corrected chi connectivity index (χ3v) is 7.75. The molecule has 6 nitrogen and oxygen atoms in total. The van der Waals surface area contributed by atoms with E-state index in [0.29, 0.717) is 21.9 Å². The van der Waals surface area contributed by atoms with Gasteiger partial charge in [0.25, 0.3) is 5.91 Å². The average Bonchev–Trinajstić information content (AvgIpc) is 3.04. The molecule has 2 atom stereocenters. The number of benzodiazepines with no additional fused rings is 1. The van der Waals surface area contributed by atoms with Crippen molar-refractivity contribution in [3.05, 3.63) is 101 Å². The van der Waals surface area contributed by atoms with E-state index in [2.05, 4.69) is 46.3 Å². The quantitative estimate of drug-likeness (QED) is 0.493. The molecule has 37 heavy (non-hydrogen) atoms. The van der Waals surface area contributed by atoms with Crippen LogP contribution in [0.4, 0.5) is 5.69 Å². The molecule has 3 aromatic rings. The molecular weight excluding hydrogens is 502 g/mol. The lowest BCUT2D eigenvalue weighted by Crippen LogP contribution is -2.55. The van der Waals surface area contributed by atoms with Crippen LogP contribution < -0.4 is 10.2 Å². The Morgan fingerprint density at radius 3 is 2.32 bits per heavy atom. The smallest absolute Gasteiger partial charge is 0.272 e. The van der Waals surface area contributed by atoms with Crippen LogP contribution in [0.15, 0.2) is 83.9 Å². The van der Waals surface area contributed by atoms with Crippen LogP contribution >= 0.6 is 23.8 Å². The van der Waals surface area contributed by atoms with E-state index in [4.69, 9.17) is 28.8 Å². The predicted octanol–water partition coefficient (Wildman–Crippen LogP) is 4.73. The molecule has 5 rings (SSSR count). The van der Waals surface area contributed by atoms with Gasteiger partial charge in [0, 0.05) is 55.4 Å². The Kier molecular flexibility index (Phi) is 7.55. The van der Waals surface area contributed by atoms with E-state index in [1.54, 1.807) is 18.0 Å². The molecule has 3 aromatic carbocycles. The van der Waals surface area contributed by atoms with Gasteiger partial charge in [-0.15, -0.1) is 0 Å². The number of halogens is 1. The van der Waals surface area contributed by atoms with Gasteiger partial charge in [-0.25, -0.2) is 4.99 Å². The van der Waals surface area contributed by atoms with E-state index in [1.807, 2.05) is 48.5 Å². The number of piperazine rings is 1. The summed E-state index contributed by atoms with van der Waals surface area (Å²) in [6.45, 7) is 5.58. The maximum atomic E-state index is 13.5. The highest BCUT2D eigenvalue weighted by Crippen LogP contribution is 2.30. The summed E-state index contributed by atoms with van der Waals surface area (Å²) in [4.78, 5) is 24.7. The number of nitrogens with zero attached hydrogens (tertiary/aromatic N) is 4. The summed E-state index contributed by atoms with van der Waals surface area (Å²) < 4.78 is 0. The molecule has 0 saturated carbocycles. The second-order valence-electron chi connectivity index (χ2n) is 9.36. The zero-order valence-electron chi connectivity index (χ0n) is 21.0. The number of hydrogen-bond acceptors (Lipinski definition) is 4. The third-order valence-electron chi connectivity index (χ3n) is 7.14. The number of thiocarbonyl (C=S) groups is 1. The molecule has 2 aliphatic rings. The highest BCUT2D eigenvalue weighted by atomic mass is 35.5. The van der Waals surface area contributed by atoms with Gasteiger partial charge in [-0.3, -0.25) is 9.69 Å². The number of nitrogens with one attached hydrogen (secondary N) is 1. The van der Waals surface area contributed by atoms with Gasteiger partial charge in [0.15, 0.2) is 5.11 Å². The standard InChI is InChI=1S/C29H30ClN5OS/c1-20(21-9-5-3-6-10-21)34-15-17-35(18-16-34)29(37)32-27-28(36)33(2)25-14-13-23(30)19-24(25)26(31-27)22-11-7-4-8-12-22/h3-14,19-20,27H,15-18H2,1-2H3,(H,32,37). The molecule has 0 aromatic heterocycles. The first kappa shape index (κ1) is 25.4. The fourth-order valence-corrected chi connectivity index (χ4v) is 5.40. The number of fused-ring (bicyclic) bond motifs is 1. The first-order valence-corrected chi connectivity index (χ1v) is 13.3. The Hall–Kier alpha value is -3.26. The second kappa shape index (κ2) is 11.0. The van der Waals surface area contributed by atoms with Crippen molar-refractivity contribution in [3.8, 4) is 0 Å². The number of likely N-dealkylation sites (N-methyl/N-ethyl adjacent to an activating group) is 1. The summed E-state index contributed by atoms with van der Waals surface area (Å²) in [6, 6.07) is 26.3. The number of rotatable bonds is 4. The number of carbonyl (C=O) groups is 1. The summed E-state index contributed by atoms with van der Waals surface area (Å²) in [5.74, 6) is -0.173. The molecule has 1 amide bonds. The minimum Gasteiger partial charge on any atom is -0.347 e. The molecule has 0 aliphatic carbocycles. The molecule has 0 bridgehead atoms. The largest absolute Gasteiger partial charge is 0.347 e. The molecule has 2 aliphatic heterocycles. The zero-order chi connectivity index (χ0) is 25.9. The summed E-state index contributed by atoms with van der Waals surface area (Å²) in [5.41, 5.74) is 4.50. The van der Waals surface area contributed by atoms with Gasteiger partial charge in [0.1, 0.15) is 0 Å². The van der Waals surface area contributed by atoms with Crippen molar-refractivity contribution in [1.82, 2.24) is 15.1 Å². The summed E-state index contributed by atoms with van der Waals surface area (Å²) in [6.07, 6.45) is -0.847. The van der Waals surface area contributed by atoms with Gasteiger partial charge in [0.2, 0.25) is 6.17 Å². The van der Waals surface area contributed by atoms with Gasteiger partial charge < -0.3 is 15.1 Å². The van der Waals surface area contributed by atoms with E-state index in [-0.39, 0.29) is 5.91 Å². The van der Waals surface area contributed by atoms with E-state index >= 15 is 0 Å². The minimum atomic E-state index is -0.847. The van der Waals surface area contributed by atoms with Crippen molar-refractivity contribution in [3.63, 3.8) is 0 Å². The number of carbonyl (C=O) groups excluding carboxylic acids is 1. The number of aliphatic imine (C=N–C) groups is 1. The maximum absolute atomic E-state index is 13.5. The Morgan fingerprint density at radius 2 is 1.65 bits per heavy atom. The lowest BCUT2D eigenvalue weighted by molar-refractivity contribution is -0.119. The third kappa shape index (κ3) is 5.39. The molecular formula is C29H30ClN5OS. The monoisotopic (exact) mass is 531 g/mol. The number of benzene rings is 3. The van der Waals surface area contributed by atoms with Crippen LogP contribution in [0, 0.1) is 0 Å². The van der Waals surface area contributed by atoms with Gasteiger partial charge in [-0.1, -0.05) is 72.3 Å². The van der Waals surface area contributed by atoms with Crippen molar-refractivity contribution in [2.75, 3.05) is 38.1 Å². The van der Waals surface area contributed by atoms with Gasteiger partial charge >= 0.3 is 0 Å². The van der Waals surface area contributed by atoms with E-state index in [0.717, 1.165) is 43.0 Å². The maximum Gasteiger partial charge on any atom is 0.272 e. The van der Waals surface area contributed by atoms with Crippen LogP contribution in [0.3, 0.4) is 0 Å². The lowest BCUT2D eigenvalue weighted by Gasteiger charge is -2.39. The average molecular weight is 532 g/mol. The Labute approximate surface area is 228 Å². The fourth-order valence-electron chi connectivity index (χ4n) is 4.93. The van der Waals surface area contributed by atoms with Crippen molar-refractivity contribution in [2.45, 2.75) is 19.1 Å². The number of amides is 1. The highest BCUT2D eigenvalue weighted by Gasteiger charge is 2.32. The van der Waals surface area contributed by atoms with E-state index < -0.39 is 6.17 Å². The first-order chi connectivity index (χ1) is 17.9. The molecule has 190 valence electrons. The van der Waals surface area contributed by atoms with E-state index in [9.17, 15) is 4.79 Å². The van der Waals surface area contributed by atoms with Crippen LogP contribution in [-0.2, 0) is 4.79 Å². The molecule has 0 radical (unpaired) electrons. The molecule has 2 heterocycles. The van der Waals surface area contributed by atoms with Crippen molar-refractivity contribution in [1.29, 1.82) is 0 Å². The molecule has 1 saturated heterocycles. The summed E-state index contributed by atoms with van der Waals surface area (Å²) in [7, 11) is 1.76. The van der Waals surface area contributed by atoms with Crippen molar-refractivity contribution < 1.29 is 4.79 Å². The predicted molar refractivity (Wildman–Crippen MR) is 154 cm³/mol. The number of hydrogen-bond donors (Lipinski definition) is 1. The SMILES string of the molecule is CC(c1ccccc1)N1CCN(C(=S)NC2N=C(c3ccccc3)c3cc(Cl)ccc3N(C)C2=O)CC1. The normalized spacial score (nSPS) is 19.1. The highest BCUT2D eigenvalue weighted by molar-refractivity contribution is 7.80. The molecule has 1 N–H and O–H groups in total. The van der Waals surface area contributed by atoms with Crippen LogP contribution in [0.25, 0.3) is 0 Å². The van der Waals surface area contributed by atoms with Gasteiger partial charge in [-0.2, -0.15) is 0 Å². The van der Waals surface area contributed by atoms with Gasteiger partial charge in [0.05, 0.1) is 11.4 Å². The summed E-state index contributed by atoms with van der Waals surface area (Å²) >= 11 is 12.1. The number of anilines is 1. The lowest BCUT2D eigenvalue weighted by atomic mass is 10.0. The molecule has 1 fully saturated rings. The van der Waals surface area contributed by atoms with Crippen LogP contribution in [0.1, 0.15) is 29.7 Å². The van der Waals surface area contributed by atoms with Crippen LogP contribution in [-0.4, -0.2) is 65.9 Å². The second-order valence-corrected chi connectivity index (χ2v) is 10.2. The minimum absolute atomic E-state index is 0.173. The first-order valence-electron chi connectivity index (χ1n) is 12.5. The fraction of sp³-hybridized carbons (Fsp3) is 0.276. The Morgan fingerprint density at radius 1 is 1.00 bits per heavy atom. The topological polar surface area (TPSA) is 51.2 Å². The van der Waals surface area contributed by atoms with Crippen LogP contribution in [0.5, 0.6) is 0 Å². The Bertz CT molecular complexity index is 1310. The Balaban J connectivity index is 1.35. The molecule has 0 spiro atoms.